The zero-order valence-electron chi connectivity index (χ0n) is 5.06. The van der Waals surface area contributed by atoms with Crippen molar-refractivity contribution in [3.05, 3.63) is 32.9 Å². The summed E-state index contributed by atoms with van der Waals surface area (Å²) < 4.78 is 11.4. The van der Waals surface area contributed by atoms with Gasteiger partial charge in [0, 0.05) is 0 Å². The monoisotopic (exact) mass is 162 g/mol. The van der Waals surface area contributed by atoms with Crippen molar-refractivity contribution in [1.82, 2.24) is 9.46 Å². The second kappa shape index (κ2) is 2.11. The van der Waals surface area contributed by atoms with E-state index < -0.39 is 21.8 Å². The van der Waals surface area contributed by atoms with Crippen LogP contribution in [0.1, 0.15) is 0 Å². The quantitative estimate of drug-likeness (QED) is 0.460. The minimum absolute atomic E-state index is 0.239. The van der Waals surface area contributed by atoms with E-state index in [2.05, 4.69) is 0 Å². The lowest BCUT2D eigenvalue weighted by Crippen LogP contribution is -2.39. The fraction of sp³-hybridized carbons (Fsp3) is 0. The molecule has 0 unspecified atom stereocenters. The molecule has 1 rings (SSSR count). The molecule has 0 spiro atoms. The first kappa shape index (κ1) is 7.32. The first-order valence-electron chi connectivity index (χ1n) is 2.46. The summed E-state index contributed by atoms with van der Waals surface area (Å²) in [6, 6.07) is 0. The predicted molar refractivity (Wildman–Crippen MR) is 29.3 cm³/mol. The lowest BCUT2D eigenvalue weighted by atomic mass is 10.6. The number of nitrogens with zero attached hydrogens (tertiary/aromatic N) is 2. The van der Waals surface area contributed by atoms with Gasteiger partial charge in [-0.25, -0.2) is 4.79 Å². The van der Waals surface area contributed by atoms with Crippen molar-refractivity contribution in [1.29, 1.82) is 0 Å². The molecule has 0 saturated heterocycles. The lowest BCUT2D eigenvalue weighted by molar-refractivity contribution is 0.0952. The Morgan fingerprint density at radius 3 is 2.45 bits per heavy atom. The van der Waals surface area contributed by atoms with Crippen LogP contribution >= 0.6 is 0 Å². The highest BCUT2D eigenvalue weighted by Crippen LogP contribution is 1.79. The number of hydrogen-bond acceptors (Lipinski definition) is 4. The van der Waals surface area contributed by atoms with Crippen LogP contribution in [0.25, 0.3) is 0 Å². The Kier molecular flexibility index (Phi) is 1.41. The van der Waals surface area contributed by atoms with E-state index in [-0.39, 0.29) is 10.9 Å². The van der Waals surface area contributed by atoms with E-state index in [1.165, 1.54) is 0 Å². The maximum Gasteiger partial charge on any atom is 0.397 e. The third-order valence-corrected chi connectivity index (χ3v) is 1.01. The molecule has 0 aromatic carbocycles. The van der Waals surface area contributed by atoms with Gasteiger partial charge in [0.2, 0.25) is 5.82 Å². The fourth-order valence-electron chi connectivity index (χ4n) is 0.503. The Morgan fingerprint density at radius 1 is 1.36 bits per heavy atom. The zero-order chi connectivity index (χ0) is 8.59. The van der Waals surface area contributed by atoms with Crippen LogP contribution < -0.4 is 11.2 Å². The Labute approximate surface area is 58.3 Å². The van der Waals surface area contributed by atoms with Crippen molar-refractivity contribution in [2.75, 3.05) is 0 Å². The summed E-state index contributed by atoms with van der Waals surface area (Å²) in [7, 11) is 0. The summed E-state index contributed by atoms with van der Waals surface area (Å²) in [4.78, 5) is 20.8. The molecule has 1 heterocycles. The molecule has 0 radical (unpaired) electrons. The number of rotatable bonds is 0. The molecule has 0 amide bonds. The van der Waals surface area contributed by atoms with Gasteiger partial charge in [0.1, 0.15) is 0 Å². The van der Waals surface area contributed by atoms with Crippen molar-refractivity contribution in [2.45, 2.75) is 0 Å². The third kappa shape index (κ3) is 0.955. The van der Waals surface area contributed by atoms with Gasteiger partial charge in [-0.1, -0.05) is 4.73 Å². The SMILES string of the molecule is O=c1c(F)cn(O)c(=O)n1O. The summed E-state index contributed by atoms with van der Waals surface area (Å²) in [5.41, 5.74) is -2.92. The van der Waals surface area contributed by atoms with E-state index >= 15 is 0 Å². The van der Waals surface area contributed by atoms with Gasteiger partial charge in [0.05, 0.1) is 6.20 Å². The van der Waals surface area contributed by atoms with Crippen LogP contribution in [-0.4, -0.2) is 19.9 Å². The molecule has 0 fully saturated rings. The molecule has 1 aromatic rings. The molecular formula is C4H3FN2O4. The zero-order valence-corrected chi connectivity index (χ0v) is 5.06. The minimum atomic E-state index is -1.50. The largest absolute Gasteiger partial charge is 0.424 e. The summed E-state index contributed by atoms with van der Waals surface area (Å²) in [6.45, 7) is 0. The molecule has 6 nitrogen and oxygen atoms in total. The first-order chi connectivity index (χ1) is 5.04. The maximum absolute atomic E-state index is 12.2. The molecule has 0 saturated carbocycles. The second-order valence-corrected chi connectivity index (χ2v) is 1.72. The molecule has 0 aliphatic rings. The lowest BCUT2D eigenvalue weighted by Gasteiger charge is -1.96. The Morgan fingerprint density at radius 2 is 1.91 bits per heavy atom. The van der Waals surface area contributed by atoms with Gasteiger partial charge in [0.25, 0.3) is 0 Å². The summed E-state index contributed by atoms with van der Waals surface area (Å²) >= 11 is 0. The fourth-order valence-corrected chi connectivity index (χ4v) is 0.503. The van der Waals surface area contributed by atoms with Crippen molar-refractivity contribution in [3.63, 3.8) is 0 Å². The van der Waals surface area contributed by atoms with E-state index in [0.717, 1.165) is 0 Å². The van der Waals surface area contributed by atoms with Crippen LogP contribution in [0.4, 0.5) is 4.39 Å². The topological polar surface area (TPSA) is 84.5 Å². The van der Waals surface area contributed by atoms with Gasteiger partial charge in [0.15, 0.2) is 0 Å². The smallest absolute Gasteiger partial charge is 0.397 e. The van der Waals surface area contributed by atoms with Gasteiger partial charge in [-0.15, -0.1) is 4.73 Å². The molecule has 11 heavy (non-hydrogen) atoms. The maximum atomic E-state index is 12.2. The van der Waals surface area contributed by atoms with Crippen molar-refractivity contribution in [3.8, 4) is 0 Å². The third-order valence-electron chi connectivity index (χ3n) is 1.01. The molecule has 7 heteroatoms. The van der Waals surface area contributed by atoms with Crippen LogP contribution in [0.15, 0.2) is 15.8 Å². The van der Waals surface area contributed by atoms with E-state index in [1.54, 1.807) is 0 Å². The highest BCUT2D eigenvalue weighted by atomic mass is 19.1. The predicted octanol–water partition coefficient (Wildman–Crippen LogP) is -1.38. The van der Waals surface area contributed by atoms with E-state index in [4.69, 9.17) is 10.4 Å². The van der Waals surface area contributed by atoms with Crippen LogP contribution in [-0.2, 0) is 0 Å². The molecule has 0 aliphatic heterocycles. The number of hydrogen-bond donors (Lipinski definition) is 2. The van der Waals surface area contributed by atoms with Crippen LogP contribution in [0, 0.1) is 5.82 Å². The Hall–Kier alpha value is -1.79. The molecular weight excluding hydrogens is 159 g/mol. The second-order valence-electron chi connectivity index (χ2n) is 1.72. The van der Waals surface area contributed by atoms with E-state index in [1.807, 2.05) is 0 Å². The van der Waals surface area contributed by atoms with Crippen molar-refractivity contribution in [2.24, 2.45) is 0 Å². The summed E-state index contributed by atoms with van der Waals surface area (Å²) in [5.74, 6) is -1.42. The molecule has 0 atom stereocenters. The Balaban J connectivity index is 3.74. The highest BCUT2D eigenvalue weighted by molar-refractivity contribution is 4.86. The molecule has 0 aliphatic carbocycles. The standard InChI is InChI=1S/C4H3FN2O4/c5-2-1-6(10)4(9)7(11)3(2)8/h1,10-11H. The molecule has 60 valence electrons. The van der Waals surface area contributed by atoms with Gasteiger partial charge in [-0.3, -0.25) is 4.79 Å². The number of aromatic nitrogens is 2. The Bertz CT molecular complexity index is 358. The van der Waals surface area contributed by atoms with E-state index in [0.29, 0.717) is 0 Å². The highest BCUT2D eigenvalue weighted by Gasteiger charge is 2.07. The van der Waals surface area contributed by atoms with Crippen LogP contribution in [0.5, 0.6) is 0 Å². The minimum Gasteiger partial charge on any atom is -0.424 e. The average Bonchev–Trinajstić information content (AvgIpc) is 1.97. The summed E-state index contributed by atoms with van der Waals surface area (Å²) in [5, 5.41) is 16.9. The van der Waals surface area contributed by atoms with Gasteiger partial charge in [-0.05, 0) is 0 Å². The molecule has 2 N–H and O–H groups in total. The molecule has 1 aromatic heterocycles. The van der Waals surface area contributed by atoms with Crippen LogP contribution in [0.2, 0.25) is 0 Å². The van der Waals surface area contributed by atoms with Gasteiger partial charge in [-0.2, -0.15) is 4.39 Å². The van der Waals surface area contributed by atoms with Crippen molar-refractivity contribution >= 4 is 0 Å². The average molecular weight is 162 g/mol. The van der Waals surface area contributed by atoms with Gasteiger partial charge < -0.3 is 10.4 Å². The van der Waals surface area contributed by atoms with Gasteiger partial charge >= 0.3 is 11.2 Å². The van der Waals surface area contributed by atoms with Crippen molar-refractivity contribution < 1.29 is 14.8 Å². The normalized spacial score (nSPS) is 9.91. The van der Waals surface area contributed by atoms with Crippen LogP contribution in [0.3, 0.4) is 0 Å². The van der Waals surface area contributed by atoms with E-state index in [9.17, 15) is 14.0 Å². The molecule has 0 bridgehead atoms. The first-order valence-corrected chi connectivity index (χ1v) is 2.46. The summed E-state index contributed by atoms with van der Waals surface area (Å²) in [6.07, 6.45) is 0.261. The number of halogens is 1.